The molecule has 1 aromatic heterocycles. The highest BCUT2D eigenvalue weighted by Gasteiger charge is 2.13. The molecule has 28 heavy (non-hydrogen) atoms. The molecule has 0 N–H and O–H groups in total. The molecule has 3 aromatic rings. The third kappa shape index (κ3) is 4.14. The number of nitrogens with zero attached hydrogens (tertiary/aromatic N) is 3. The molecule has 7 nitrogen and oxygen atoms in total. The van der Waals surface area contributed by atoms with Crippen LogP contribution >= 0.6 is 0 Å². The maximum absolute atomic E-state index is 12.6. The molecule has 0 fully saturated rings. The highest BCUT2D eigenvalue weighted by atomic mass is 16.5. The Kier molecular flexibility index (Phi) is 5.93. The Balaban J connectivity index is 1.67. The molecular weight excluding hydrogens is 358 g/mol. The summed E-state index contributed by atoms with van der Waals surface area (Å²) in [7, 11) is 4.95. The molecule has 0 aliphatic carbocycles. The summed E-state index contributed by atoms with van der Waals surface area (Å²) in [6, 6.07) is 12.9. The summed E-state index contributed by atoms with van der Waals surface area (Å²) < 4.78 is 12.1. The van der Waals surface area contributed by atoms with Crippen molar-refractivity contribution in [1.82, 2.24) is 14.7 Å². The van der Waals surface area contributed by atoms with E-state index in [2.05, 4.69) is 5.10 Å². The van der Waals surface area contributed by atoms with Crippen LogP contribution in [0.1, 0.15) is 5.56 Å². The molecule has 146 valence electrons. The number of hydrogen-bond acceptors (Lipinski definition) is 5. The number of carbonyl (C=O) groups is 1. The molecule has 3 rings (SSSR count). The first kappa shape index (κ1) is 19.4. The van der Waals surface area contributed by atoms with E-state index in [4.69, 9.17) is 9.47 Å². The molecule has 0 saturated carbocycles. The molecule has 1 heterocycles. The van der Waals surface area contributed by atoms with E-state index in [0.29, 0.717) is 35.4 Å². The van der Waals surface area contributed by atoms with E-state index in [1.165, 1.54) is 6.20 Å². The minimum Gasteiger partial charge on any atom is -0.493 e. The van der Waals surface area contributed by atoms with E-state index in [0.717, 1.165) is 5.56 Å². The molecular formula is C21H23N3O4. The van der Waals surface area contributed by atoms with Gasteiger partial charge >= 0.3 is 0 Å². The highest BCUT2D eigenvalue weighted by Crippen LogP contribution is 2.27. The van der Waals surface area contributed by atoms with E-state index in [9.17, 15) is 9.59 Å². The number of rotatable bonds is 7. The van der Waals surface area contributed by atoms with Crippen LogP contribution in [0.4, 0.5) is 0 Å². The topological polar surface area (TPSA) is 73.7 Å². The fourth-order valence-corrected chi connectivity index (χ4v) is 2.99. The second kappa shape index (κ2) is 8.56. The third-order valence-corrected chi connectivity index (χ3v) is 4.66. The average Bonchev–Trinajstić information content (AvgIpc) is 2.73. The fraction of sp³-hybridized carbons (Fsp3) is 0.286. The lowest BCUT2D eigenvalue weighted by molar-refractivity contribution is -0.130. The number of fused-ring (bicyclic) bond motifs is 1. The second-order valence-electron chi connectivity index (χ2n) is 6.44. The first-order chi connectivity index (χ1) is 13.5. The van der Waals surface area contributed by atoms with Gasteiger partial charge in [0.05, 0.1) is 25.9 Å². The van der Waals surface area contributed by atoms with Gasteiger partial charge in [-0.2, -0.15) is 5.10 Å². The van der Waals surface area contributed by atoms with E-state index >= 15 is 0 Å². The van der Waals surface area contributed by atoms with Crippen LogP contribution in [-0.4, -0.2) is 48.4 Å². The number of carbonyl (C=O) groups excluding carboxylic acids is 1. The molecule has 2 aromatic carbocycles. The average molecular weight is 381 g/mol. The van der Waals surface area contributed by atoms with E-state index in [1.807, 2.05) is 24.3 Å². The minimum atomic E-state index is -0.152. The zero-order valence-corrected chi connectivity index (χ0v) is 16.2. The van der Waals surface area contributed by atoms with Crippen LogP contribution in [-0.2, 0) is 17.8 Å². The molecule has 0 bridgehead atoms. The van der Waals surface area contributed by atoms with Gasteiger partial charge in [0.1, 0.15) is 6.54 Å². The normalized spacial score (nSPS) is 10.7. The van der Waals surface area contributed by atoms with E-state index < -0.39 is 0 Å². The molecule has 0 unspecified atom stereocenters. The van der Waals surface area contributed by atoms with Crippen LogP contribution in [0.15, 0.2) is 53.5 Å². The molecule has 1 amide bonds. The Morgan fingerprint density at radius 2 is 1.86 bits per heavy atom. The number of para-hydroxylation sites is 1. The molecule has 0 spiro atoms. The molecule has 0 aliphatic heterocycles. The number of methoxy groups -OCH3 is 2. The van der Waals surface area contributed by atoms with Crippen molar-refractivity contribution < 1.29 is 14.3 Å². The van der Waals surface area contributed by atoms with Crippen LogP contribution in [0.2, 0.25) is 0 Å². The molecule has 7 heteroatoms. The van der Waals surface area contributed by atoms with Crippen molar-refractivity contribution in [2.24, 2.45) is 0 Å². The maximum atomic E-state index is 12.6. The number of benzene rings is 2. The molecule has 0 atom stereocenters. The zero-order chi connectivity index (χ0) is 20.1. The van der Waals surface area contributed by atoms with Crippen LogP contribution < -0.4 is 14.9 Å². The van der Waals surface area contributed by atoms with Gasteiger partial charge in [0.2, 0.25) is 11.3 Å². The highest BCUT2D eigenvalue weighted by molar-refractivity contribution is 5.81. The van der Waals surface area contributed by atoms with E-state index in [-0.39, 0.29) is 17.9 Å². The quantitative estimate of drug-likeness (QED) is 0.627. The second-order valence-corrected chi connectivity index (χ2v) is 6.44. The lowest BCUT2D eigenvalue weighted by Crippen LogP contribution is -2.33. The zero-order valence-electron chi connectivity index (χ0n) is 16.2. The molecule has 0 radical (unpaired) electrons. The van der Waals surface area contributed by atoms with Crippen molar-refractivity contribution in [3.63, 3.8) is 0 Å². The van der Waals surface area contributed by atoms with Gasteiger partial charge in [-0.05, 0) is 36.2 Å². The van der Waals surface area contributed by atoms with Gasteiger partial charge in [0.15, 0.2) is 11.5 Å². The van der Waals surface area contributed by atoms with Crippen molar-refractivity contribution in [2.45, 2.75) is 13.0 Å². The number of hydrogen-bond donors (Lipinski definition) is 0. The number of ether oxygens (including phenoxy) is 2. The summed E-state index contributed by atoms with van der Waals surface area (Å²) in [4.78, 5) is 26.2. The number of amides is 1. The molecule has 0 aliphatic rings. The van der Waals surface area contributed by atoms with Crippen LogP contribution in [0, 0.1) is 0 Å². The van der Waals surface area contributed by atoms with E-state index in [1.54, 1.807) is 49.0 Å². The largest absolute Gasteiger partial charge is 0.493 e. The van der Waals surface area contributed by atoms with Crippen LogP contribution in [0.5, 0.6) is 11.5 Å². The predicted molar refractivity (Wildman–Crippen MR) is 107 cm³/mol. The summed E-state index contributed by atoms with van der Waals surface area (Å²) in [5.41, 5.74) is 1.54. The smallest absolute Gasteiger partial charge is 0.244 e. The summed E-state index contributed by atoms with van der Waals surface area (Å²) in [6.45, 7) is 0.621. The SMILES string of the molecule is COc1ccc(CCN(C)C(=O)Cn2ncc(=O)c3ccccc32)cc1OC. The van der Waals surface area contributed by atoms with Gasteiger partial charge in [-0.25, -0.2) is 0 Å². The van der Waals surface area contributed by atoms with Gasteiger partial charge in [-0.15, -0.1) is 0 Å². The number of aromatic nitrogens is 2. The Bertz CT molecular complexity index is 1050. The Labute approximate surface area is 163 Å². The van der Waals surface area contributed by atoms with Crippen molar-refractivity contribution in [2.75, 3.05) is 27.8 Å². The summed E-state index contributed by atoms with van der Waals surface area (Å²) in [5, 5.41) is 4.67. The first-order valence-electron chi connectivity index (χ1n) is 8.93. The lowest BCUT2D eigenvalue weighted by atomic mass is 10.1. The summed E-state index contributed by atoms with van der Waals surface area (Å²) >= 11 is 0. The fourth-order valence-electron chi connectivity index (χ4n) is 2.99. The Hall–Kier alpha value is -3.35. The van der Waals surface area contributed by atoms with Gasteiger partial charge in [0, 0.05) is 19.0 Å². The maximum Gasteiger partial charge on any atom is 0.244 e. The monoisotopic (exact) mass is 381 g/mol. The summed E-state index contributed by atoms with van der Waals surface area (Å²) in [6.07, 6.45) is 1.93. The van der Waals surface area contributed by atoms with Gasteiger partial charge in [-0.1, -0.05) is 18.2 Å². The predicted octanol–water partition coefficient (Wildman–Crippen LogP) is 2.11. The van der Waals surface area contributed by atoms with Gasteiger partial charge < -0.3 is 14.4 Å². The van der Waals surface area contributed by atoms with Crippen molar-refractivity contribution >= 4 is 16.8 Å². The summed E-state index contributed by atoms with van der Waals surface area (Å²) in [5.74, 6) is 1.26. The molecule has 0 saturated heterocycles. The first-order valence-corrected chi connectivity index (χ1v) is 8.93. The Morgan fingerprint density at radius 1 is 1.11 bits per heavy atom. The van der Waals surface area contributed by atoms with Crippen molar-refractivity contribution in [3.8, 4) is 11.5 Å². The number of likely N-dealkylation sites (N-methyl/N-ethyl adjacent to an activating group) is 1. The van der Waals surface area contributed by atoms with Crippen molar-refractivity contribution in [3.05, 3.63) is 64.4 Å². The minimum absolute atomic E-state index is 0.0726. The van der Waals surface area contributed by atoms with Crippen LogP contribution in [0.3, 0.4) is 0 Å². The lowest BCUT2D eigenvalue weighted by Gasteiger charge is -2.19. The third-order valence-electron chi connectivity index (χ3n) is 4.66. The standard InChI is InChI=1S/C21H23N3O4/c1-23(11-10-15-8-9-19(27-2)20(12-15)28-3)21(26)14-24-17-7-5-4-6-16(17)18(25)13-22-24/h4-9,12-13H,10-11,14H2,1-3H3. The van der Waals surface area contributed by atoms with Gasteiger partial charge in [-0.3, -0.25) is 14.3 Å². The van der Waals surface area contributed by atoms with Gasteiger partial charge in [0.25, 0.3) is 0 Å². The Morgan fingerprint density at radius 3 is 2.61 bits per heavy atom. The van der Waals surface area contributed by atoms with Crippen LogP contribution in [0.25, 0.3) is 10.9 Å². The van der Waals surface area contributed by atoms with Crippen molar-refractivity contribution in [1.29, 1.82) is 0 Å².